The van der Waals surface area contributed by atoms with Gasteiger partial charge in [-0.2, -0.15) is 4.99 Å². The molecule has 116 valence electrons. The predicted molar refractivity (Wildman–Crippen MR) is 85.1 cm³/mol. The van der Waals surface area contributed by atoms with E-state index in [1.54, 1.807) is 0 Å². The van der Waals surface area contributed by atoms with Crippen LogP contribution in [-0.4, -0.2) is 46.8 Å². The number of carbonyl (C=O) groups excluding carboxylic acids is 1. The van der Waals surface area contributed by atoms with Gasteiger partial charge in [-0.05, 0) is 43.0 Å². The molecule has 0 aromatic heterocycles. The molecule has 1 saturated heterocycles. The number of piperazine rings is 1. The van der Waals surface area contributed by atoms with E-state index in [2.05, 4.69) is 22.1 Å². The Morgan fingerprint density at radius 1 is 1.55 bits per heavy atom. The minimum absolute atomic E-state index is 0.0636. The molecule has 2 heterocycles. The largest absolute Gasteiger partial charge is 0.507 e. The number of amidine groups is 1. The van der Waals surface area contributed by atoms with E-state index in [4.69, 9.17) is 0 Å². The monoisotopic (exact) mass is 321 g/mol. The number of phenols is 1. The molecule has 1 fully saturated rings. The van der Waals surface area contributed by atoms with Gasteiger partial charge in [0.15, 0.2) is 5.17 Å². The molecule has 0 spiro atoms. The lowest BCUT2D eigenvalue weighted by atomic mass is 10.2. The van der Waals surface area contributed by atoms with Crippen LogP contribution in [0.1, 0.15) is 12.5 Å². The number of thioether (sulfide) groups is 1. The van der Waals surface area contributed by atoms with Crippen molar-refractivity contribution in [2.75, 3.05) is 19.6 Å². The Kier molecular flexibility index (Phi) is 4.17. The number of rotatable bonds is 1. The summed E-state index contributed by atoms with van der Waals surface area (Å²) in [4.78, 5) is 18.6. The normalized spacial score (nSPS) is 24.0. The van der Waals surface area contributed by atoms with Crippen LogP contribution in [0.25, 0.3) is 6.08 Å². The van der Waals surface area contributed by atoms with Gasteiger partial charge in [0.05, 0.1) is 4.91 Å². The first-order valence-corrected chi connectivity index (χ1v) is 7.84. The van der Waals surface area contributed by atoms with E-state index in [1.165, 1.54) is 36.0 Å². The number of aliphatic imine (C=N–C) groups is 1. The summed E-state index contributed by atoms with van der Waals surface area (Å²) >= 11 is 1.26. The average Bonchev–Trinajstić information content (AvgIpc) is 2.84. The van der Waals surface area contributed by atoms with E-state index in [9.17, 15) is 14.3 Å². The first-order chi connectivity index (χ1) is 10.5. The number of phenolic OH excluding ortho intramolecular Hbond substituents is 1. The van der Waals surface area contributed by atoms with Crippen LogP contribution in [0.15, 0.2) is 28.1 Å². The molecule has 5 nitrogen and oxygen atoms in total. The molecule has 3 rings (SSSR count). The van der Waals surface area contributed by atoms with Gasteiger partial charge in [0, 0.05) is 31.2 Å². The summed E-state index contributed by atoms with van der Waals surface area (Å²) in [5, 5.41) is 13.7. The van der Waals surface area contributed by atoms with Crippen LogP contribution >= 0.6 is 11.8 Å². The Hall–Kier alpha value is -1.86. The molecule has 0 saturated carbocycles. The topological polar surface area (TPSA) is 64.9 Å². The van der Waals surface area contributed by atoms with Crippen LogP contribution in [0.5, 0.6) is 5.75 Å². The van der Waals surface area contributed by atoms with Gasteiger partial charge in [0.2, 0.25) is 0 Å². The smallest absolute Gasteiger partial charge is 0.286 e. The maximum absolute atomic E-state index is 13.3. The first-order valence-electron chi connectivity index (χ1n) is 7.03. The summed E-state index contributed by atoms with van der Waals surface area (Å²) in [6.07, 6.45) is 1.48. The average molecular weight is 321 g/mol. The van der Waals surface area contributed by atoms with Crippen molar-refractivity contribution in [2.45, 2.75) is 13.0 Å². The quantitative estimate of drug-likeness (QED) is 0.772. The summed E-state index contributed by atoms with van der Waals surface area (Å²) in [5.41, 5.74) is 0.278. The van der Waals surface area contributed by atoms with Crippen molar-refractivity contribution in [3.05, 3.63) is 34.5 Å². The second kappa shape index (κ2) is 6.10. The van der Waals surface area contributed by atoms with Gasteiger partial charge in [-0.3, -0.25) is 4.79 Å². The highest BCUT2D eigenvalue weighted by atomic mass is 32.2. The summed E-state index contributed by atoms with van der Waals surface area (Å²) in [6, 6.07) is 3.90. The van der Waals surface area contributed by atoms with Crippen LogP contribution in [0.4, 0.5) is 4.39 Å². The van der Waals surface area contributed by atoms with Crippen LogP contribution < -0.4 is 5.32 Å². The Morgan fingerprint density at radius 3 is 3.14 bits per heavy atom. The van der Waals surface area contributed by atoms with Crippen LogP contribution in [-0.2, 0) is 4.79 Å². The number of hydrogen-bond donors (Lipinski definition) is 2. The number of hydrogen-bond acceptors (Lipinski definition) is 5. The number of benzene rings is 1. The lowest BCUT2D eigenvalue weighted by Crippen LogP contribution is -2.51. The second-order valence-corrected chi connectivity index (χ2v) is 6.27. The molecule has 0 unspecified atom stereocenters. The summed E-state index contributed by atoms with van der Waals surface area (Å²) in [5.74, 6) is -0.877. The van der Waals surface area contributed by atoms with Gasteiger partial charge in [-0.1, -0.05) is 0 Å². The van der Waals surface area contributed by atoms with Gasteiger partial charge in [0.25, 0.3) is 5.91 Å². The molecular weight excluding hydrogens is 305 g/mol. The Morgan fingerprint density at radius 2 is 2.36 bits per heavy atom. The lowest BCUT2D eigenvalue weighted by Gasteiger charge is -2.34. The van der Waals surface area contributed by atoms with Crippen molar-refractivity contribution in [1.29, 1.82) is 0 Å². The number of aromatic hydroxyl groups is 1. The third-order valence-electron chi connectivity index (χ3n) is 3.63. The third kappa shape index (κ3) is 3.00. The zero-order valence-corrected chi connectivity index (χ0v) is 12.9. The van der Waals surface area contributed by atoms with E-state index in [1.807, 2.05) is 0 Å². The number of nitrogens with one attached hydrogen (secondary N) is 1. The number of amides is 1. The van der Waals surface area contributed by atoms with Crippen molar-refractivity contribution in [2.24, 2.45) is 4.99 Å². The van der Waals surface area contributed by atoms with E-state index >= 15 is 0 Å². The Bertz CT molecular complexity index is 675. The first kappa shape index (κ1) is 15.1. The minimum Gasteiger partial charge on any atom is -0.507 e. The maximum Gasteiger partial charge on any atom is 0.286 e. The molecule has 2 N–H and O–H groups in total. The van der Waals surface area contributed by atoms with E-state index in [0.717, 1.165) is 19.6 Å². The molecule has 1 atom stereocenters. The molecule has 0 bridgehead atoms. The molecular formula is C15H16FN3O2S. The van der Waals surface area contributed by atoms with Gasteiger partial charge in [0.1, 0.15) is 11.6 Å². The number of carbonyl (C=O) groups is 1. The van der Waals surface area contributed by atoms with Crippen molar-refractivity contribution in [3.63, 3.8) is 0 Å². The van der Waals surface area contributed by atoms with Crippen LogP contribution in [0, 0.1) is 5.82 Å². The van der Waals surface area contributed by atoms with E-state index < -0.39 is 5.82 Å². The zero-order valence-electron chi connectivity index (χ0n) is 12.0. The fourth-order valence-corrected chi connectivity index (χ4v) is 3.46. The second-order valence-electron chi connectivity index (χ2n) is 5.26. The standard InChI is InChI=1S/C15H16FN3O2S/c1-9-8-17-4-5-19(9)15-18-14(21)13(22-15)7-10-6-11(16)2-3-12(10)20/h2-3,6-7,9,17,20H,4-5,8H2,1H3/b13-7-/t9-/m1/s1. The predicted octanol–water partition coefficient (Wildman–Crippen LogP) is 1.80. The van der Waals surface area contributed by atoms with Crippen LogP contribution in [0.2, 0.25) is 0 Å². The number of halogens is 1. The highest BCUT2D eigenvalue weighted by Crippen LogP contribution is 2.33. The zero-order chi connectivity index (χ0) is 15.7. The molecule has 2 aliphatic heterocycles. The minimum atomic E-state index is -0.461. The van der Waals surface area contributed by atoms with E-state index in [-0.39, 0.29) is 23.3 Å². The maximum atomic E-state index is 13.3. The van der Waals surface area contributed by atoms with Gasteiger partial charge < -0.3 is 15.3 Å². The van der Waals surface area contributed by atoms with Crippen molar-refractivity contribution < 1.29 is 14.3 Å². The van der Waals surface area contributed by atoms with Crippen LogP contribution in [0.3, 0.4) is 0 Å². The summed E-state index contributed by atoms with van der Waals surface area (Å²) in [7, 11) is 0. The molecule has 0 aliphatic carbocycles. The van der Waals surface area contributed by atoms with Crippen molar-refractivity contribution in [3.8, 4) is 5.75 Å². The molecule has 22 heavy (non-hydrogen) atoms. The van der Waals surface area contributed by atoms with Crippen molar-refractivity contribution >= 4 is 28.9 Å². The van der Waals surface area contributed by atoms with E-state index in [0.29, 0.717) is 10.1 Å². The van der Waals surface area contributed by atoms with Gasteiger partial charge in [-0.15, -0.1) is 0 Å². The fraction of sp³-hybridized carbons (Fsp3) is 0.333. The Balaban J connectivity index is 1.82. The highest BCUT2D eigenvalue weighted by Gasteiger charge is 2.30. The molecule has 1 amide bonds. The summed E-state index contributed by atoms with van der Waals surface area (Å²) in [6.45, 7) is 4.55. The fourth-order valence-electron chi connectivity index (χ4n) is 2.43. The van der Waals surface area contributed by atoms with Crippen molar-refractivity contribution in [1.82, 2.24) is 10.2 Å². The summed E-state index contributed by atoms with van der Waals surface area (Å²) < 4.78 is 13.3. The molecule has 1 aromatic rings. The van der Waals surface area contributed by atoms with Gasteiger partial charge in [-0.25, -0.2) is 4.39 Å². The highest BCUT2D eigenvalue weighted by molar-refractivity contribution is 8.18. The SMILES string of the molecule is C[C@@H]1CNCCN1C1=NC(=O)/C(=C/c2cc(F)ccc2O)S1. The molecule has 1 aromatic carbocycles. The number of nitrogens with zero attached hydrogens (tertiary/aromatic N) is 2. The lowest BCUT2D eigenvalue weighted by molar-refractivity contribution is -0.113. The molecule has 2 aliphatic rings. The molecule has 0 radical (unpaired) electrons. The van der Waals surface area contributed by atoms with Gasteiger partial charge >= 0.3 is 0 Å². The third-order valence-corrected chi connectivity index (χ3v) is 4.65. The Labute approximate surface area is 131 Å². The molecule has 7 heteroatoms.